The first-order chi connectivity index (χ1) is 8.43. The Morgan fingerprint density at radius 2 is 2.00 bits per heavy atom. The molecule has 18 heavy (non-hydrogen) atoms. The zero-order chi connectivity index (χ0) is 13.7. The number of ether oxygens (including phenoxy) is 2. The van der Waals surface area contributed by atoms with Crippen LogP contribution in [0.4, 0.5) is 5.69 Å². The molecule has 0 heterocycles. The van der Waals surface area contributed by atoms with Crippen molar-refractivity contribution in [2.75, 3.05) is 5.73 Å². The van der Waals surface area contributed by atoms with Gasteiger partial charge in [-0.25, -0.2) is 4.79 Å². The fraction of sp³-hybridized carbons (Fsp3) is 0.500. The van der Waals surface area contributed by atoms with E-state index in [1.54, 1.807) is 18.2 Å². The van der Waals surface area contributed by atoms with Crippen LogP contribution < -0.4 is 10.5 Å². The maximum atomic E-state index is 12.0. The van der Waals surface area contributed by atoms with E-state index in [1.807, 2.05) is 27.7 Å². The van der Waals surface area contributed by atoms with Gasteiger partial charge in [-0.05, 0) is 45.4 Å². The number of anilines is 1. The highest BCUT2D eigenvalue weighted by molar-refractivity contribution is 5.93. The van der Waals surface area contributed by atoms with Crippen molar-refractivity contribution >= 4 is 11.7 Å². The van der Waals surface area contributed by atoms with Gasteiger partial charge in [0.1, 0.15) is 11.3 Å². The molecule has 4 heteroatoms. The van der Waals surface area contributed by atoms with E-state index in [0.29, 0.717) is 17.0 Å². The SMILES string of the molecule is CCC(C)OC(=O)c1cc(N)ccc1OC(C)C. The van der Waals surface area contributed by atoms with Crippen molar-refractivity contribution in [3.63, 3.8) is 0 Å². The first-order valence-corrected chi connectivity index (χ1v) is 6.21. The predicted octanol–water partition coefficient (Wildman–Crippen LogP) is 3.01. The zero-order valence-corrected chi connectivity index (χ0v) is 11.4. The maximum Gasteiger partial charge on any atom is 0.342 e. The highest BCUT2D eigenvalue weighted by atomic mass is 16.5. The lowest BCUT2D eigenvalue weighted by Gasteiger charge is -2.16. The average Bonchev–Trinajstić information content (AvgIpc) is 2.30. The monoisotopic (exact) mass is 251 g/mol. The Hall–Kier alpha value is -1.71. The number of rotatable bonds is 5. The lowest BCUT2D eigenvalue weighted by molar-refractivity contribution is 0.0329. The van der Waals surface area contributed by atoms with Gasteiger partial charge >= 0.3 is 5.97 Å². The zero-order valence-electron chi connectivity index (χ0n) is 11.4. The molecule has 0 radical (unpaired) electrons. The van der Waals surface area contributed by atoms with Crippen LogP contribution in [0.15, 0.2) is 18.2 Å². The van der Waals surface area contributed by atoms with Gasteiger partial charge in [-0.1, -0.05) is 6.92 Å². The third kappa shape index (κ3) is 3.95. The number of nitrogens with two attached hydrogens (primary N) is 1. The largest absolute Gasteiger partial charge is 0.490 e. The predicted molar refractivity (Wildman–Crippen MR) is 71.8 cm³/mol. The van der Waals surface area contributed by atoms with E-state index in [0.717, 1.165) is 6.42 Å². The summed E-state index contributed by atoms with van der Waals surface area (Å²) in [6, 6.07) is 4.99. The van der Waals surface area contributed by atoms with Crippen molar-refractivity contribution in [3.8, 4) is 5.75 Å². The first kappa shape index (κ1) is 14.4. The number of esters is 1. The van der Waals surface area contributed by atoms with Crippen LogP contribution in [-0.2, 0) is 4.74 Å². The summed E-state index contributed by atoms with van der Waals surface area (Å²) in [4.78, 5) is 12.0. The fourth-order valence-corrected chi connectivity index (χ4v) is 1.39. The Kier molecular flexibility index (Phi) is 5.01. The molecule has 1 rings (SSSR count). The van der Waals surface area contributed by atoms with Crippen LogP contribution in [0.2, 0.25) is 0 Å². The smallest absolute Gasteiger partial charge is 0.342 e. The summed E-state index contributed by atoms with van der Waals surface area (Å²) in [7, 11) is 0. The van der Waals surface area contributed by atoms with Crippen LogP contribution >= 0.6 is 0 Å². The standard InChI is InChI=1S/C14H21NO3/c1-5-10(4)18-14(16)12-8-11(15)6-7-13(12)17-9(2)3/h6-10H,5,15H2,1-4H3. The molecular weight excluding hydrogens is 230 g/mol. The second kappa shape index (κ2) is 6.28. The van der Waals surface area contributed by atoms with E-state index in [4.69, 9.17) is 15.2 Å². The minimum Gasteiger partial charge on any atom is -0.490 e. The molecular formula is C14H21NO3. The molecule has 4 nitrogen and oxygen atoms in total. The van der Waals surface area contributed by atoms with E-state index in [9.17, 15) is 4.79 Å². The topological polar surface area (TPSA) is 61.5 Å². The third-order valence-corrected chi connectivity index (χ3v) is 2.47. The number of hydrogen-bond donors (Lipinski definition) is 1. The molecule has 0 saturated carbocycles. The number of benzene rings is 1. The summed E-state index contributed by atoms with van der Waals surface area (Å²) < 4.78 is 10.9. The molecule has 100 valence electrons. The molecule has 0 saturated heterocycles. The van der Waals surface area contributed by atoms with Gasteiger partial charge in [-0.15, -0.1) is 0 Å². The minimum absolute atomic E-state index is 0.0104. The molecule has 0 aromatic heterocycles. The molecule has 1 atom stereocenters. The number of nitrogen functional groups attached to an aromatic ring is 1. The molecule has 1 aromatic rings. The Balaban J connectivity index is 2.97. The minimum atomic E-state index is -0.396. The highest BCUT2D eigenvalue weighted by Crippen LogP contribution is 2.24. The molecule has 0 aliphatic heterocycles. The lowest BCUT2D eigenvalue weighted by Crippen LogP contribution is -2.16. The van der Waals surface area contributed by atoms with Crippen molar-refractivity contribution in [1.82, 2.24) is 0 Å². The number of hydrogen-bond acceptors (Lipinski definition) is 4. The molecule has 0 fully saturated rings. The second-order valence-corrected chi connectivity index (χ2v) is 4.55. The molecule has 0 aliphatic carbocycles. The van der Waals surface area contributed by atoms with E-state index in [-0.39, 0.29) is 12.2 Å². The van der Waals surface area contributed by atoms with E-state index in [2.05, 4.69) is 0 Å². The van der Waals surface area contributed by atoms with Crippen LogP contribution in [0.25, 0.3) is 0 Å². The van der Waals surface area contributed by atoms with Crippen LogP contribution in [0, 0.1) is 0 Å². The van der Waals surface area contributed by atoms with Crippen LogP contribution in [0.5, 0.6) is 5.75 Å². The van der Waals surface area contributed by atoms with Gasteiger partial charge in [-0.3, -0.25) is 0 Å². The van der Waals surface area contributed by atoms with Gasteiger partial charge in [0, 0.05) is 5.69 Å². The Bertz CT molecular complexity index is 416. The summed E-state index contributed by atoms with van der Waals surface area (Å²) >= 11 is 0. The van der Waals surface area contributed by atoms with Gasteiger partial charge in [0.2, 0.25) is 0 Å². The van der Waals surface area contributed by atoms with Crippen molar-refractivity contribution in [2.24, 2.45) is 0 Å². The van der Waals surface area contributed by atoms with Crippen molar-refractivity contribution < 1.29 is 14.3 Å². The van der Waals surface area contributed by atoms with Gasteiger partial charge in [0.25, 0.3) is 0 Å². The molecule has 1 aromatic carbocycles. The summed E-state index contributed by atoms with van der Waals surface area (Å²) in [5.41, 5.74) is 6.59. The number of carbonyl (C=O) groups excluding carboxylic acids is 1. The normalized spacial score (nSPS) is 12.3. The van der Waals surface area contributed by atoms with Crippen molar-refractivity contribution in [1.29, 1.82) is 0 Å². The van der Waals surface area contributed by atoms with Crippen molar-refractivity contribution in [2.45, 2.75) is 46.3 Å². The lowest BCUT2D eigenvalue weighted by atomic mass is 10.1. The molecule has 0 bridgehead atoms. The number of carbonyl (C=O) groups is 1. The molecule has 0 spiro atoms. The third-order valence-electron chi connectivity index (χ3n) is 2.47. The van der Waals surface area contributed by atoms with Gasteiger partial charge in [0.05, 0.1) is 12.2 Å². The molecule has 0 aliphatic rings. The molecule has 0 amide bonds. The Labute approximate surface area is 108 Å². The molecule has 2 N–H and O–H groups in total. The summed E-state index contributed by atoms with van der Waals surface area (Å²) in [6.07, 6.45) is 0.642. The Morgan fingerprint density at radius 1 is 1.33 bits per heavy atom. The van der Waals surface area contributed by atoms with Crippen LogP contribution in [0.1, 0.15) is 44.5 Å². The van der Waals surface area contributed by atoms with E-state index >= 15 is 0 Å². The van der Waals surface area contributed by atoms with Gasteiger partial charge < -0.3 is 15.2 Å². The maximum absolute atomic E-state index is 12.0. The van der Waals surface area contributed by atoms with Gasteiger partial charge in [0.15, 0.2) is 0 Å². The van der Waals surface area contributed by atoms with E-state index < -0.39 is 5.97 Å². The summed E-state index contributed by atoms with van der Waals surface area (Å²) in [5, 5.41) is 0. The van der Waals surface area contributed by atoms with Crippen molar-refractivity contribution in [3.05, 3.63) is 23.8 Å². The fourth-order valence-electron chi connectivity index (χ4n) is 1.39. The summed E-state index contributed by atoms with van der Waals surface area (Å²) in [5.74, 6) is 0.111. The van der Waals surface area contributed by atoms with Crippen LogP contribution in [-0.4, -0.2) is 18.2 Å². The summed E-state index contributed by atoms with van der Waals surface area (Å²) in [6.45, 7) is 7.62. The first-order valence-electron chi connectivity index (χ1n) is 6.21. The van der Waals surface area contributed by atoms with Crippen LogP contribution in [0.3, 0.4) is 0 Å². The van der Waals surface area contributed by atoms with E-state index in [1.165, 1.54) is 0 Å². The quantitative estimate of drug-likeness (QED) is 0.645. The Morgan fingerprint density at radius 3 is 2.56 bits per heavy atom. The second-order valence-electron chi connectivity index (χ2n) is 4.55. The van der Waals surface area contributed by atoms with Gasteiger partial charge in [-0.2, -0.15) is 0 Å². The molecule has 1 unspecified atom stereocenters. The highest BCUT2D eigenvalue weighted by Gasteiger charge is 2.17. The average molecular weight is 251 g/mol.